The average molecular weight is 200 g/mol. The van der Waals surface area contributed by atoms with Gasteiger partial charge in [-0.3, -0.25) is 0 Å². The minimum absolute atomic E-state index is 0.273. The topological polar surface area (TPSA) is 78.2 Å². The van der Waals surface area contributed by atoms with Gasteiger partial charge >= 0.3 is 0 Å². The van der Waals surface area contributed by atoms with Crippen LogP contribution in [-0.4, -0.2) is 12.6 Å². The smallest absolute Gasteiger partial charge is 0.211 e. The van der Waals surface area contributed by atoms with Gasteiger partial charge in [0.2, 0.25) is 6.08 Å². The van der Waals surface area contributed by atoms with Crippen LogP contribution >= 0.6 is 0 Å². The summed E-state index contributed by atoms with van der Waals surface area (Å²) >= 11 is 0. The van der Waals surface area contributed by atoms with Crippen molar-refractivity contribution in [2.24, 2.45) is 10.1 Å². The van der Waals surface area contributed by atoms with Crippen molar-refractivity contribution in [3.63, 3.8) is 0 Å². The summed E-state index contributed by atoms with van der Waals surface area (Å²) in [5.41, 5.74) is 9.39. The first-order valence-corrected chi connectivity index (χ1v) is 4.23. The van der Waals surface area contributed by atoms with Crippen LogP contribution in [-0.2, 0) is 4.79 Å². The van der Waals surface area contributed by atoms with E-state index in [0.717, 1.165) is 5.56 Å². The van der Waals surface area contributed by atoms with Crippen LogP contribution in [0.2, 0.25) is 0 Å². The fourth-order valence-electron chi connectivity index (χ4n) is 1.04. The maximum absolute atomic E-state index is 10.1. The molecule has 0 aliphatic carbocycles. The van der Waals surface area contributed by atoms with Gasteiger partial charge in [0.1, 0.15) is 0 Å². The van der Waals surface area contributed by atoms with E-state index >= 15 is 0 Å². The molecule has 0 spiro atoms. The lowest BCUT2D eigenvalue weighted by molar-refractivity contribution is 0.565. The van der Waals surface area contributed by atoms with Gasteiger partial charge in [-0.05, 0) is 11.6 Å². The number of benzene rings is 1. The normalized spacial score (nSPS) is 9.33. The van der Waals surface area contributed by atoms with Crippen molar-refractivity contribution in [1.82, 2.24) is 0 Å². The molecule has 1 rings (SSSR count). The van der Waals surface area contributed by atoms with Gasteiger partial charge < -0.3 is 0 Å². The number of isocyanates is 1. The van der Waals surface area contributed by atoms with Crippen LogP contribution in [0.4, 0.5) is 5.69 Å². The number of carbonyl (C=O) groups excluding carboxylic acids is 1. The van der Waals surface area contributed by atoms with Crippen LogP contribution in [0.1, 0.15) is 5.56 Å². The van der Waals surface area contributed by atoms with E-state index in [4.69, 9.17) is 5.53 Å². The number of aliphatic imine (C=N–C) groups is 1. The first-order chi connectivity index (χ1) is 7.38. The predicted molar refractivity (Wildman–Crippen MR) is 57.3 cm³/mol. The van der Waals surface area contributed by atoms with Gasteiger partial charge in [0.05, 0.1) is 5.69 Å². The Bertz CT molecular complexity index is 454. The van der Waals surface area contributed by atoms with E-state index in [9.17, 15) is 4.79 Å². The van der Waals surface area contributed by atoms with Crippen molar-refractivity contribution >= 4 is 17.8 Å². The summed E-state index contributed by atoms with van der Waals surface area (Å²) in [6.07, 6.45) is 4.92. The Kier molecular flexibility index (Phi) is 4.40. The molecular weight excluding hydrogens is 192 g/mol. The molecule has 0 amide bonds. The molecule has 0 atom stereocenters. The summed E-state index contributed by atoms with van der Waals surface area (Å²) in [7, 11) is 0. The highest BCUT2D eigenvalue weighted by Crippen LogP contribution is 2.19. The highest BCUT2D eigenvalue weighted by atomic mass is 16.1. The van der Waals surface area contributed by atoms with E-state index in [-0.39, 0.29) is 6.54 Å². The molecule has 74 valence electrons. The lowest BCUT2D eigenvalue weighted by Gasteiger charge is -1.96. The molecule has 0 aliphatic heterocycles. The predicted octanol–water partition coefficient (Wildman–Crippen LogP) is 2.98. The Hall–Kier alpha value is -2.35. The van der Waals surface area contributed by atoms with Gasteiger partial charge in [0.25, 0.3) is 0 Å². The number of nitrogens with zero attached hydrogens (tertiary/aromatic N) is 4. The quantitative estimate of drug-likeness (QED) is 0.242. The molecule has 0 saturated carbocycles. The molecule has 0 fully saturated rings. The number of azide groups is 1. The first-order valence-electron chi connectivity index (χ1n) is 4.23. The molecule has 1 aromatic carbocycles. The van der Waals surface area contributed by atoms with E-state index in [1.54, 1.807) is 24.3 Å². The molecular formula is C10H8N4O. The Morgan fingerprint density at radius 3 is 3.00 bits per heavy atom. The lowest BCUT2D eigenvalue weighted by atomic mass is 10.1. The van der Waals surface area contributed by atoms with Gasteiger partial charge in [-0.15, -0.1) is 0 Å². The largest absolute Gasteiger partial charge is 0.240 e. The van der Waals surface area contributed by atoms with Gasteiger partial charge in [0.15, 0.2) is 0 Å². The summed E-state index contributed by atoms with van der Waals surface area (Å²) in [4.78, 5) is 16.3. The highest BCUT2D eigenvalue weighted by Gasteiger charge is 1.94. The van der Waals surface area contributed by atoms with E-state index in [1.165, 1.54) is 6.08 Å². The summed E-state index contributed by atoms with van der Waals surface area (Å²) < 4.78 is 0. The standard InChI is InChI=1S/C10H8N4O/c11-14-13-7-3-5-9-4-1-2-6-10(9)12-8-15/h1-6H,7H2. The number of para-hydroxylation sites is 1. The summed E-state index contributed by atoms with van der Waals surface area (Å²) in [5.74, 6) is 0. The van der Waals surface area contributed by atoms with E-state index in [2.05, 4.69) is 15.0 Å². The van der Waals surface area contributed by atoms with Crippen molar-refractivity contribution in [3.05, 3.63) is 46.3 Å². The molecule has 0 radical (unpaired) electrons. The van der Waals surface area contributed by atoms with Gasteiger partial charge in [-0.2, -0.15) is 4.99 Å². The molecule has 5 nitrogen and oxygen atoms in total. The SMILES string of the molecule is [N-]=[N+]=NCC=Cc1ccccc1N=C=O. The minimum atomic E-state index is 0.273. The maximum atomic E-state index is 10.1. The summed E-state index contributed by atoms with van der Waals surface area (Å²) in [6, 6.07) is 7.12. The van der Waals surface area contributed by atoms with Crippen molar-refractivity contribution in [2.75, 3.05) is 6.54 Å². The molecule has 0 unspecified atom stereocenters. The van der Waals surface area contributed by atoms with Crippen molar-refractivity contribution in [1.29, 1.82) is 0 Å². The summed E-state index contributed by atoms with van der Waals surface area (Å²) in [6.45, 7) is 0.273. The number of hydrogen-bond donors (Lipinski definition) is 0. The highest BCUT2D eigenvalue weighted by molar-refractivity contribution is 5.66. The molecule has 15 heavy (non-hydrogen) atoms. The molecule has 0 N–H and O–H groups in total. The van der Waals surface area contributed by atoms with Crippen molar-refractivity contribution in [3.8, 4) is 0 Å². The zero-order chi connectivity index (χ0) is 10.9. The van der Waals surface area contributed by atoms with Crippen molar-refractivity contribution < 1.29 is 4.79 Å². The Balaban J connectivity index is 2.88. The molecule has 5 heteroatoms. The van der Waals surface area contributed by atoms with Crippen LogP contribution in [0, 0.1) is 0 Å². The van der Waals surface area contributed by atoms with Gasteiger partial charge in [-0.1, -0.05) is 35.5 Å². The van der Waals surface area contributed by atoms with Crippen LogP contribution in [0.3, 0.4) is 0 Å². The van der Waals surface area contributed by atoms with E-state index < -0.39 is 0 Å². The molecule has 1 aromatic rings. The van der Waals surface area contributed by atoms with Crippen molar-refractivity contribution in [2.45, 2.75) is 0 Å². The minimum Gasteiger partial charge on any atom is -0.211 e. The van der Waals surface area contributed by atoms with E-state index in [1.807, 2.05) is 12.1 Å². The second-order valence-electron chi connectivity index (χ2n) is 2.58. The second kappa shape index (κ2) is 6.16. The van der Waals surface area contributed by atoms with E-state index in [0.29, 0.717) is 5.69 Å². The summed E-state index contributed by atoms with van der Waals surface area (Å²) in [5, 5.41) is 3.35. The van der Waals surface area contributed by atoms with Crippen LogP contribution in [0.15, 0.2) is 40.4 Å². The van der Waals surface area contributed by atoms with Gasteiger partial charge in [-0.25, -0.2) is 4.79 Å². The third-order valence-corrected chi connectivity index (χ3v) is 1.65. The third-order valence-electron chi connectivity index (χ3n) is 1.65. The zero-order valence-corrected chi connectivity index (χ0v) is 7.87. The third kappa shape index (κ3) is 3.48. The fraction of sp³-hybridized carbons (Fsp3) is 0.100. The van der Waals surface area contributed by atoms with Gasteiger partial charge in [0, 0.05) is 17.0 Å². The Morgan fingerprint density at radius 2 is 2.27 bits per heavy atom. The Labute approximate surface area is 86.4 Å². The first kappa shape index (κ1) is 10.7. The molecule has 0 bridgehead atoms. The monoisotopic (exact) mass is 200 g/mol. The second-order valence-corrected chi connectivity index (χ2v) is 2.58. The van der Waals surface area contributed by atoms with Crippen LogP contribution < -0.4 is 0 Å². The number of rotatable bonds is 4. The average Bonchev–Trinajstić information content (AvgIpc) is 2.27. The lowest BCUT2D eigenvalue weighted by Crippen LogP contribution is -1.74. The molecule has 0 heterocycles. The maximum Gasteiger partial charge on any atom is 0.240 e. The van der Waals surface area contributed by atoms with Crippen LogP contribution in [0.25, 0.3) is 16.5 Å². The zero-order valence-electron chi connectivity index (χ0n) is 7.87. The molecule has 0 aromatic heterocycles. The Morgan fingerprint density at radius 1 is 1.47 bits per heavy atom. The molecule has 0 saturated heterocycles. The number of hydrogen-bond acceptors (Lipinski definition) is 3. The molecule has 0 aliphatic rings. The fourth-order valence-corrected chi connectivity index (χ4v) is 1.04. The van der Waals surface area contributed by atoms with Crippen LogP contribution in [0.5, 0.6) is 0 Å².